The van der Waals surface area contributed by atoms with E-state index >= 15 is 0 Å². The van der Waals surface area contributed by atoms with Crippen molar-refractivity contribution in [2.24, 2.45) is 0 Å². The van der Waals surface area contributed by atoms with Crippen molar-refractivity contribution >= 4 is 11.0 Å². The highest BCUT2D eigenvalue weighted by Crippen LogP contribution is 2.30. The zero-order valence-corrected chi connectivity index (χ0v) is 14.3. The number of nitrogens with zero attached hydrogens (tertiary/aromatic N) is 3. The van der Waals surface area contributed by atoms with Gasteiger partial charge in [-0.15, -0.1) is 0 Å². The van der Waals surface area contributed by atoms with E-state index in [1.165, 1.54) is 6.07 Å². The highest BCUT2D eigenvalue weighted by Gasteiger charge is 2.38. The lowest BCUT2D eigenvalue weighted by atomic mass is 10.2. The molecule has 2 heterocycles. The molecule has 0 saturated heterocycles. The van der Waals surface area contributed by atoms with Crippen molar-refractivity contribution in [2.75, 3.05) is 0 Å². The van der Waals surface area contributed by atoms with E-state index in [1.807, 2.05) is 0 Å². The first-order valence-corrected chi connectivity index (χ1v) is 8.12. The van der Waals surface area contributed by atoms with Crippen LogP contribution in [0.4, 0.5) is 17.6 Å². The SMILES string of the molecule is CC(Oc1ccc(-c2nc(-c3ccc4nc[nH]c4c3)no2)cc1F)C(F)(F)F. The van der Waals surface area contributed by atoms with Crippen LogP contribution >= 0.6 is 0 Å². The molecule has 0 aliphatic carbocycles. The monoisotopic (exact) mass is 392 g/mol. The van der Waals surface area contributed by atoms with Gasteiger partial charge in [0.1, 0.15) is 0 Å². The van der Waals surface area contributed by atoms with E-state index in [-0.39, 0.29) is 17.3 Å². The number of rotatable bonds is 4. The van der Waals surface area contributed by atoms with Crippen molar-refractivity contribution < 1.29 is 26.8 Å². The molecule has 0 fully saturated rings. The molecule has 4 aromatic rings. The topological polar surface area (TPSA) is 76.8 Å². The van der Waals surface area contributed by atoms with Crippen molar-refractivity contribution in [3.05, 3.63) is 48.5 Å². The maximum absolute atomic E-state index is 14.2. The summed E-state index contributed by atoms with van der Waals surface area (Å²) < 4.78 is 61.6. The van der Waals surface area contributed by atoms with Crippen molar-refractivity contribution in [3.63, 3.8) is 0 Å². The van der Waals surface area contributed by atoms with Gasteiger partial charge in [0.15, 0.2) is 17.7 Å². The van der Waals surface area contributed by atoms with Crippen molar-refractivity contribution in [1.29, 1.82) is 0 Å². The lowest BCUT2D eigenvalue weighted by Crippen LogP contribution is -2.31. The first-order valence-electron chi connectivity index (χ1n) is 8.12. The molecule has 0 radical (unpaired) electrons. The molecule has 1 atom stereocenters. The average Bonchev–Trinajstić information content (AvgIpc) is 3.31. The van der Waals surface area contributed by atoms with Crippen LogP contribution in [0.15, 0.2) is 47.2 Å². The molecule has 0 amide bonds. The number of alkyl halides is 3. The third-order valence-corrected chi connectivity index (χ3v) is 4.05. The first kappa shape index (κ1) is 18.0. The molecular weight excluding hydrogens is 380 g/mol. The number of imidazole rings is 1. The van der Waals surface area contributed by atoms with Gasteiger partial charge in [0.25, 0.3) is 5.89 Å². The molecule has 2 aromatic heterocycles. The number of hydrogen-bond acceptors (Lipinski definition) is 5. The van der Waals surface area contributed by atoms with Gasteiger partial charge >= 0.3 is 6.18 Å². The number of nitrogens with one attached hydrogen (secondary N) is 1. The summed E-state index contributed by atoms with van der Waals surface area (Å²) in [6, 6.07) is 8.74. The van der Waals surface area contributed by atoms with Crippen LogP contribution in [-0.2, 0) is 0 Å². The Morgan fingerprint density at radius 3 is 2.64 bits per heavy atom. The van der Waals surface area contributed by atoms with Gasteiger partial charge in [0, 0.05) is 11.1 Å². The van der Waals surface area contributed by atoms with Crippen LogP contribution < -0.4 is 4.74 Å². The van der Waals surface area contributed by atoms with E-state index < -0.39 is 23.8 Å². The quantitative estimate of drug-likeness (QED) is 0.507. The first-order chi connectivity index (χ1) is 13.3. The third kappa shape index (κ3) is 3.40. The van der Waals surface area contributed by atoms with Gasteiger partial charge < -0.3 is 14.2 Å². The lowest BCUT2D eigenvalue weighted by Gasteiger charge is -2.18. The molecule has 0 aliphatic rings. The zero-order chi connectivity index (χ0) is 19.9. The minimum Gasteiger partial charge on any atom is -0.478 e. The van der Waals surface area contributed by atoms with E-state index in [0.717, 1.165) is 30.1 Å². The molecule has 0 saturated carbocycles. The van der Waals surface area contributed by atoms with Gasteiger partial charge in [0.05, 0.1) is 17.4 Å². The fourth-order valence-electron chi connectivity index (χ4n) is 2.52. The Morgan fingerprint density at radius 1 is 1.11 bits per heavy atom. The molecule has 1 N–H and O–H groups in total. The number of ether oxygens (including phenoxy) is 1. The number of H-pyrrole nitrogens is 1. The van der Waals surface area contributed by atoms with Crippen LogP contribution in [0.5, 0.6) is 5.75 Å². The number of aromatic nitrogens is 4. The molecule has 4 rings (SSSR count). The number of hydrogen-bond donors (Lipinski definition) is 1. The maximum Gasteiger partial charge on any atom is 0.425 e. The van der Waals surface area contributed by atoms with E-state index in [9.17, 15) is 17.6 Å². The summed E-state index contributed by atoms with van der Waals surface area (Å²) in [6.07, 6.45) is -5.18. The Hall–Kier alpha value is -3.43. The van der Waals surface area contributed by atoms with Crippen LogP contribution in [0.25, 0.3) is 33.9 Å². The minimum atomic E-state index is -4.59. The molecular formula is C18H12F4N4O2. The number of fused-ring (bicyclic) bond motifs is 1. The summed E-state index contributed by atoms with van der Waals surface area (Å²) in [5.41, 5.74) is 2.44. The zero-order valence-electron chi connectivity index (χ0n) is 14.3. The molecule has 1 unspecified atom stereocenters. The minimum absolute atomic E-state index is 0.0222. The van der Waals surface area contributed by atoms with Gasteiger partial charge in [0.2, 0.25) is 5.82 Å². The van der Waals surface area contributed by atoms with Crippen LogP contribution in [0, 0.1) is 5.82 Å². The van der Waals surface area contributed by atoms with Crippen molar-refractivity contribution in [3.8, 4) is 28.6 Å². The fraction of sp³-hybridized carbons (Fsp3) is 0.167. The second kappa shape index (κ2) is 6.63. The largest absolute Gasteiger partial charge is 0.478 e. The Kier molecular flexibility index (Phi) is 4.25. The van der Waals surface area contributed by atoms with Gasteiger partial charge in [-0.25, -0.2) is 9.37 Å². The highest BCUT2D eigenvalue weighted by atomic mass is 19.4. The molecule has 6 nitrogen and oxygen atoms in total. The Labute approximate surface area is 155 Å². The number of benzene rings is 2. The second-order valence-electron chi connectivity index (χ2n) is 6.00. The van der Waals surface area contributed by atoms with Crippen LogP contribution in [0.3, 0.4) is 0 Å². The normalized spacial score (nSPS) is 13.0. The molecule has 144 valence electrons. The number of aromatic amines is 1. The van der Waals surface area contributed by atoms with Gasteiger partial charge in [-0.2, -0.15) is 18.2 Å². The predicted molar refractivity (Wildman–Crippen MR) is 90.9 cm³/mol. The van der Waals surface area contributed by atoms with Crippen molar-refractivity contribution in [2.45, 2.75) is 19.2 Å². The summed E-state index contributed by atoms with van der Waals surface area (Å²) in [7, 11) is 0. The molecule has 0 spiro atoms. The fourth-order valence-corrected chi connectivity index (χ4v) is 2.52. The van der Waals surface area contributed by atoms with Gasteiger partial charge in [-0.3, -0.25) is 0 Å². The molecule has 10 heteroatoms. The third-order valence-electron chi connectivity index (χ3n) is 4.05. The standard InChI is InChI=1S/C18H12F4N4O2/c1-9(18(20,21)22)27-15-5-3-11(6-12(15)19)17-25-16(26-28-17)10-2-4-13-14(7-10)24-8-23-13/h2-9H,1H3,(H,23,24). The van der Waals surface area contributed by atoms with Crippen molar-refractivity contribution in [1.82, 2.24) is 20.1 Å². The lowest BCUT2D eigenvalue weighted by molar-refractivity contribution is -0.189. The number of halogens is 4. The Balaban J connectivity index is 1.59. The van der Waals surface area contributed by atoms with Crippen LogP contribution in [0.2, 0.25) is 0 Å². The molecule has 28 heavy (non-hydrogen) atoms. The Morgan fingerprint density at radius 2 is 1.89 bits per heavy atom. The predicted octanol–water partition coefficient (Wildman–Crippen LogP) is 4.75. The second-order valence-corrected chi connectivity index (χ2v) is 6.00. The van der Waals surface area contributed by atoms with E-state index in [1.54, 1.807) is 24.5 Å². The average molecular weight is 392 g/mol. The van der Waals surface area contributed by atoms with E-state index in [2.05, 4.69) is 24.8 Å². The summed E-state index contributed by atoms with van der Waals surface area (Å²) in [5, 5.41) is 3.86. The van der Waals surface area contributed by atoms with Gasteiger partial charge in [-0.1, -0.05) is 5.16 Å². The summed E-state index contributed by atoms with van der Waals surface area (Å²) in [5.74, 6) is -1.18. The van der Waals surface area contributed by atoms with Gasteiger partial charge in [-0.05, 0) is 43.3 Å². The maximum atomic E-state index is 14.2. The van der Waals surface area contributed by atoms with Crippen LogP contribution in [-0.4, -0.2) is 32.4 Å². The smallest absolute Gasteiger partial charge is 0.425 e. The Bertz CT molecular complexity index is 1140. The van der Waals surface area contributed by atoms with E-state index in [0.29, 0.717) is 5.56 Å². The molecule has 0 aliphatic heterocycles. The summed E-state index contributed by atoms with van der Waals surface area (Å²) in [6.45, 7) is 0.800. The summed E-state index contributed by atoms with van der Waals surface area (Å²) >= 11 is 0. The molecule has 2 aromatic carbocycles. The highest BCUT2D eigenvalue weighted by molar-refractivity contribution is 5.80. The summed E-state index contributed by atoms with van der Waals surface area (Å²) in [4.78, 5) is 11.3. The van der Waals surface area contributed by atoms with Crippen LogP contribution in [0.1, 0.15) is 6.92 Å². The molecule has 0 bridgehead atoms. The van der Waals surface area contributed by atoms with E-state index in [4.69, 9.17) is 4.52 Å².